The summed E-state index contributed by atoms with van der Waals surface area (Å²) in [5.41, 5.74) is 5.99. The Kier molecular flexibility index (Phi) is 4.52. The summed E-state index contributed by atoms with van der Waals surface area (Å²) in [6.45, 7) is 1.91. The molecule has 4 rings (SSSR count). The zero-order chi connectivity index (χ0) is 20.0. The minimum absolute atomic E-state index is 0.00174. The average molecular weight is 418 g/mol. The number of nitrogens with one attached hydrogen (secondary N) is 1. The molecule has 0 aliphatic rings. The van der Waals surface area contributed by atoms with Gasteiger partial charge in [-0.1, -0.05) is 17.7 Å². The zero-order valence-electron chi connectivity index (χ0n) is 14.5. The number of carbonyl (C=O) groups is 2. The van der Waals surface area contributed by atoms with Gasteiger partial charge in [0.1, 0.15) is 22.0 Å². The minimum atomic E-state index is -0.762. The first-order valence-corrected chi connectivity index (χ1v) is 9.47. The number of hydrogen-bond acceptors (Lipinski definition) is 5. The van der Waals surface area contributed by atoms with E-state index in [0.29, 0.717) is 20.8 Å². The topological polar surface area (TPSA) is 98.1 Å². The number of ether oxygens (including phenoxy) is 1. The van der Waals surface area contributed by atoms with E-state index in [1.807, 2.05) is 6.07 Å². The lowest BCUT2D eigenvalue weighted by Crippen LogP contribution is -2.11. The Labute approximate surface area is 167 Å². The molecule has 3 N–H and O–H groups in total. The van der Waals surface area contributed by atoms with E-state index in [-0.39, 0.29) is 29.0 Å². The summed E-state index contributed by atoms with van der Waals surface area (Å²) >= 11 is 7.60. The highest BCUT2D eigenvalue weighted by Crippen LogP contribution is 2.42. The molecule has 1 amide bonds. The molecule has 28 heavy (non-hydrogen) atoms. The zero-order valence-corrected chi connectivity index (χ0v) is 16.1. The van der Waals surface area contributed by atoms with Crippen molar-refractivity contribution in [2.75, 3.05) is 6.61 Å². The first kappa shape index (κ1) is 18.4. The van der Waals surface area contributed by atoms with E-state index in [9.17, 15) is 14.0 Å². The summed E-state index contributed by atoms with van der Waals surface area (Å²) in [7, 11) is 0. The lowest BCUT2D eigenvalue weighted by molar-refractivity contribution is 0.0533. The van der Waals surface area contributed by atoms with Gasteiger partial charge in [-0.3, -0.25) is 4.79 Å². The number of rotatable bonds is 4. The number of H-pyrrole nitrogens is 1. The third-order valence-electron chi connectivity index (χ3n) is 4.19. The smallest absolute Gasteiger partial charge is 0.349 e. The van der Waals surface area contributed by atoms with Crippen LogP contribution in [-0.2, 0) is 4.74 Å². The quantitative estimate of drug-likeness (QED) is 0.477. The van der Waals surface area contributed by atoms with Crippen LogP contribution in [0.2, 0.25) is 5.02 Å². The fourth-order valence-electron chi connectivity index (χ4n) is 3.00. The van der Waals surface area contributed by atoms with Crippen molar-refractivity contribution in [2.24, 2.45) is 5.73 Å². The number of halogens is 2. The Morgan fingerprint density at radius 1 is 1.36 bits per heavy atom. The van der Waals surface area contributed by atoms with Gasteiger partial charge in [0, 0.05) is 15.6 Å². The summed E-state index contributed by atoms with van der Waals surface area (Å²) in [4.78, 5) is 31.5. The first-order chi connectivity index (χ1) is 13.4. The number of fused-ring (bicyclic) bond motifs is 2. The number of nitrogens with zero attached hydrogens (tertiary/aromatic N) is 1. The van der Waals surface area contributed by atoms with Gasteiger partial charge in [-0.25, -0.2) is 14.2 Å². The minimum Gasteiger partial charge on any atom is -0.462 e. The van der Waals surface area contributed by atoms with Crippen molar-refractivity contribution in [3.05, 3.63) is 51.6 Å². The van der Waals surface area contributed by atoms with Crippen LogP contribution in [0.3, 0.4) is 0 Å². The summed E-state index contributed by atoms with van der Waals surface area (Å²) in [6.07, 6.45) is 0. The van der Waals surface area contributed by atoms with Crippen molar-refractivity contribution in [2.45, 2.75) is 6.92 Å². The number of primary amides is 1. The molecule has 4 aromatic rings. The maximum atomic E-state index is 14.4. The molecular weight excluding hydrogens is 405 g/mol. The van der Waals surface area contributed by atoms with Crippen molar-refractivity contribution >= 4 is 55.9 Å². The van der Waals surface area contributed by atoms with Crippen LogP contribution in [0, 0.1) is 5.82 Å². The van der Waals surface area contributed by atoms with Crippen molar-refractivity contribution in [1.82, 2.24) is 9.97 Å². The number of imidazole rings is 1. The SMILES string of the molecule is CCOC(=O)c1sc2cccc(Cl)c2c1-c1nc2cc(C(N)=O)cc(F)c2[nH]1. The van der Waals surface area contributed by atoms with Crippen LogP contribution in [0.15, 0.2) is 30.3 Å². The molecule has 0 spiro atoms. The van der Waals surface area contributed by atoms with Gasteiger partial charge in [0.2, 0.25) is 5.91 Å². The van der Waals surface area contributed by atoms with E-state index in [1.54, 1.807) is 19.1 Å². The molecule has 0 fully saturated rings. The van der Waals surface area contributed by atoms with Gasteiger partial charge in [-0.15, -0.1) is 11.3 Å². The van der Waals surface area contributed by atoms with Crippen LogP contribution in [0.1, 0.15) is 27.0 Å². The van der Waals surface area contributed by atoms with E-state index < -0.39 is 17.7 Å². The van der Waals surface area contributed by atoms with E-state index >= 15 is 0 Å². The van der Waals surface area contributed by atoms with Crippen LogP contribution >= 0.6 is 22.9 Å². The summed E-state index contributed by atoms with van der Waals surface area (Å²) in [6, 6.07) is 7.73. The molecule has 6 nitrogen and oxygen atoms in total. The maximum absolute atomic E-state index is 14.4. The molecule has 9 heteroatoms. The van der Waals surface area contributed by atoms with Gasteiger partial charge in [-0.2, -0.15) is 0 Å². The lowest BCUT2D eigenvalue weighted by Gasteiger charge is -2.03. The lowest BCUT2D eigenvalue weighted by atomic mass is 10.1. The van der Waals surface area contributed by atoms with Crippen LogP contribution in [0.4, 0.5) is 4.39 Å². The Bertz CT molecular complexity index is 1260. The number of benzene rings is 2. The first-order valence-electron chi connectivity index (χ1n) is 8.28. The predicted octanol–water partition coefficient (Wildman–Crippen LogP) is 4.51. The van der Waals surface area contributed by atoms with Crippen molar-refractivity contribution in [3.63, 3.8) is 0 Å². The molecule has 0 saturated carbocycles. The molecule has 0 radical (unpaired) electrons. The molecule has 0 bridgehead atoms. The van der Waals surface area contributed by atoms with Crippen molar-refractivity contribution < 1.29 is 18.7 Å². The van der Waals surface area contributed by atoms with Crippen LogP contribution in [0.25, 0.3) is 32.5 Å². The van der Waals surface area contributed by atoms with Gasteiger partial charge < -0.3 is 15.5 Å². The number of thiophene rings is 1. The second kappa shape index (κ2) is 6.88. The molecule has 0 saturated heterocycles. The number of aromatic amines is 1. The molecule has 2 heterocycles. The number of amides is 1. The van der Waals surface area contributed by atoms with Gasteiger partial charge in [-0.05, 0) is 31.2 Å². The maximum Gasteiger partial charge on any atom is 0.349 e. The standard InChI is InChI=1S/C19H13ClFN3O3S/c1-2-27-19(26)16-14(13-9(20)4-3-5-12(13)28-16)18-23-11-7-8(17(22)25)6-10(21)15(11)24-18/h3-7H,2H2,1H3,(H2,22,25)(H,23,24). The summed E-state index contributed by atoms with van der Waals surface area (Å²) < 4.78 is 20.4. The van der Waals surface area contributed by atoms with Gasteiger partial charge in [0.15, 0.2) is 0 Å². The highest BCUT2D eigenvalue weighted by atomic mass is 35.5. The molecule has 0 atom stereocenters. The Morgan fingerprint density at radius 3 is 2.86 bits per heavy atom. The number of aromatic nitrogens is 2. The predicted molar refractivity (Wildman–Crippen MR) is 106 cm³/mol. The number of carbonyl (C=O) groups excluding carboxylic acids is 2. The third-order valence-corrected chi connectivity index (χ3v) is 5.64. The molecule has 2 aromatic heterocycles. The molecule has 2 aromatic carbocycles. The van der Waals surface area contributed by atoms with E-state index in [1.165, 1.54) is 17.4 Å². The van der Waals surface area contributed by atoms with Crippen LogP contribution in [-0.4, -0.2) is 28.5 Å². The number of esters is 1. The second-order valence-corrected chi connectivity index (χ2v) is 7.40. The summed E-state index contributed by atoms with van der Waals surface area (Å²) in [5, 5.41) is 1.05. The Hall–Kier alpha value is -2.97. The van der Waals surface area contributed by atoms with Crippen molar-refractivity contribution in [1.29, 1.82) is 0 Å². The Morgan fingerprint density at radius 2 is 2.14 bits per heavy atom. The fraction of sp³-hybridized carbons (Fsp3) is 0.105. The molecule has 142 valence electrons. The average Bonchev–Trinajstić information content (AvgIpc) is 3.24. The summed E-state index contributed by atoms with van der Waals surface area (Å²) in [5.74, 6) is -1.71. The second-order valence-electron chi connectivity index (χ2n) is 5.94. The Balaban J connectivity index is 2.03. The largest absolute Gasteiger partial charge is 0.462 e. The van der Waals surface area contributed by atoms with E-state index in [2.05, 4.69) is 9.97 Å². The van der Waals surface area contributed by atoms with Crippen LogP contribution < -0.4 is 5.73 Å². The molecule has 0 aliphatic heterocycles. The molecule has 0 aliphatic carbocycles. The normalized spacial score (nSPS) is 11.2. The third kappa shape index (κ3) is 2.90. The highest BCUT2D eigenvalue weighted by molar-refractivity contribution is 7.21. The highest BCUT2D eigenvalue weighted by Gasteiger charge is 2.25. The fourth-order valence-corrected chi connectivity index (χ4v) is 4.45. The number of hydrogen-bond donors (Lipinski definition) is 2. The van der Waals surface area contributed by atoms with Crippen molar-refractivity contribution in [3.8, 4) is 11.4 Å². The van der Waals surface area contributed by atoms with Gasteiger partial charge in [0.05, 0.1) is 22.7 Å². The van der Waals surface area contributed by atoms with E-state index in [4.69, 9.17) is 22.1 Å². The van der Waals surface area contributed by atoms with Gasteiger partial charge >= 0.3 is 5.97 Å². The molecule has 0 unspecified atom stereocenters. The van der Waals surface area contributed by atoms with Crippen LogP contribution in [0.5, 0.6) is 0 Å². The van der Waals surface area contributed by atoms with E-state index in [0.717, 1.165) is 10.8 Å². The monoisotopic (exact) mass is 417 g/mol. The van der Waals surface area contributed by atoms with Gasteiger partial charge in [0.25, 0.3) is 0 Å². The molecular formula is C19H13ClFN3O3S. The number of nitrogens with two attached hydrogens (primary N) is 1.